The molecule has 1 aliphatic rings. The van der Waals surface area contributed by atoms with Crippen molar-refractivity contribution in [3.05, 3.63) is 36.4 Å². The smallest absolute Gasteiger partial charge is 0.238 e. The topological polar surface area (TPSA) is 94.0 Å². The van der Waals surface area contributed by atoms with Crippen molar-refractivity contribution >= 4 is 29.4 Å². The molecule has 3 aromatic rings. The summed E-state index contributed by atoms with van der Waals surface area (Å²) in [5.74, 6) is 3.43. The first-order valence-electron chi connectivity index (χ1n) is 11.5. The minimum Gasteiger partial charge on any atom is -0.467 e. The van der Waals surface area contributed by atoms with Gasteiger partial charge in [-0.3, -0.25) is 9.36 Å². The van der Waals surface area contributed by atoms with Crippen LogP contribution in [-0.4, -0.2) is 48.8 Å². The summed E-state index contributed by atoms with van der Waals surface area (Å²) in [5, 5.41) is 16.6. The highest BCUT2D eigenvalue weighted by atomic mass is 32.2. The van der Waals surface area contributed by atoms with Gasteiger partial charge in [-0.15, -0.1) is 10.2 Å². The van der Waals surface area contributed by atoms with Crippen molar-refractivity contribution in [1.29, 1.82) is 0 Å². The maximum absolute atomic E-state index is 13.0. The fourth-order valence-corrected chi connectivity index (χ4v) is 5.23. The fourth-order valence-electron chi connectivity index (χ4n) is 4.39. The minimum atomic E-state index is -0.368. The summed E-state index contributed by atoms with van der Waals surface area (Å²) in [6.45, 7) is 12.9. The number of amides is 1. The van der Waals surface area contributed by atoms with Crippen molar-refractivity contribution in [3.63, 3.8) is 0 Å². The molecule has 10 heteroatoms. The highest BCUT2D eigenvalue weighted by Crippen LogP contribution is 2.31. The molecule has 1 fully saturated rings. The molecular weight excluding hydrogens is 438 g/mol. The van der Waals surface area contributed by atoms with Crippen molar-refractivity contribution in [2.75, 3.05) is 23.3 Å². The van der Waals surface area contributed by atoms with Crippen LogP contribution in [0, 0.1) is 11.8 Å². The van der Waals surface area contributed by atoms with Crippen LogP contribution < -0.4 is 10.2 Å². The lowest BCUT2D eigenvalue weighted by Gasteiger charge is -2.35. The van der Waals surface area contributed by atoms with E-state index in [4.69, 9.17) is 4.42 Å². The van der Waals surface area contributed by atoms with E-state index in [0.29, 0.717) is 29.4 Å². The van der Waals surface area contributed by atoms with Gasteiger partial charge < -0.3 is 14.6 Å². The summed E-state index contributed by atoms with van der Waals surface area (Å²) >= 11 is 1.40. The van der Waals surface area contributed by atoms with Gasteiger partial charge in [0.25, 0.3) is 0 Å². The van der Waals surface area contributed by atoms with Gasteiger partial charge in [-0.1, -0.05) is 25.6 Å². The third-order valence-electron chi connectivity index (χ3n) is 5.81. The number of rotatable bonds is 8. The largest absolute Gasteiger partial charge is 0.467 e. The molecule has 1 N–H and O–H groups in total. The van der Waals surface area contributed by atoms with Crippen molar-refractivity contribution in [3.8, 4) is 0 Å². The Morgan fingerprint density at radius 1 is 1.21 bits per heavy atom. The number of carbonyl (C=O) groups is 1. The molecule has 9 nitrogen and oxygen atoms in total. The average molecular weight is 472 g/mol. The monoisotopic (exact) mass is 471 g/mol. The van der Waals surface area contributed by atoms with E-state index >= 15 is 0 Å². The molecule has 3 aromatic heterocycles. The minimum absolute atomic E-state index is 0.100. The van der Waals surface area contributed by atoms with Gasteiger partial charge in [-0.2, -0.15) is 5.10 Å². The predicted octanol–water partition coefficient (Wildman–Crippen LogP) is 4.30. The number of aromatic nitrogens is 5. The second-order valence-corrected chi connectivity index (χ2v) is 10.6. The summed E-state index contributed by atoms with van der Waals surface area (Å²) in [4.78, 5) is 15.3. The Morgan fingerprint density at radius 3 is 2.64 bits per heavy atom. The quantitative estimate of drug-likeness (QED) is 0.490. The first-order valence-corrected chi connectivity index (χ1v) is 12.4. The summed E-state index contributed by atoms with van der Waals surface area (Å²) in [6.07, 6.45) is 4.58. The van der Waals surface area contributed by atoms with Crippen LogP contribution in [0.2, 0.25) is 0 Å². The zero-order valence-corrected chi connectivity index (χ0v) is 20.7. The standard InChI is InChI=1S/C23H33N7O2S/c1-15(2)30-20(8-9-24-30)25-21(31)18(5)33-23-27-26-22(28-12-16(3)11-17(4)13-28)29(23)14-19-7-6-10-32-19/h6-10,15-18H,11-14H2,1-5H3,(H,25,31). The van der Waals surface area contributed by atoms with Crippen LogP contribution in [0.15, 0.2) is 40.2 Å². The van der Waals surface area contributed by atoms with Crippen LogP contribution in [0.5, 0.6) is 0 Å². The molecule has 1 aliphatic heterocycles. The van der Waals surface area contributed by atoms with E-state index in [2.05, 4.69) is 43.9 Å². The van der Waals surface area contributed by atoms with Crippen molar-refractivity contribution in [2.24, 2.45) is 11.8 Å². The lowest BCUT2D eigenvalue weighted by atomic mass is 9.92. The zero-order valence-electron chi connectivity index (χ0n) is 19.9. The molecule has 1 amide bonds. The second-order valence-electron chi connectivity index (χ2n) is 9.30. The molecule has 0 radical (unpaired) electrons. The molecule has 0 aliphatic carbocycles. The van der Waals surface area contributed by atoms with Gasteiger partial charge in [0.2, 0.25) is 11.9 Å². The van der Waals surface area contributed by atoms with E-state index in [1.807, 2.05) is 39.0 Å². The maximum atomic E-state index is 13.0. The zero-order chi connectivity index (χ0) is 23.5. The molecule has 33 heavy (non-hydrogen) atoms. The number of piperidine rings is 1. The number of anilines is 2. The molecule has 0 spiro atoms. The van der Waals surface area contributed by atoms with Gasteiger partial charge >= 0.3 is 0 Å². The third kappa shape index (κ3) is 5.43. The van der Waals surface area contributed by atoms with Gasteiger partial charge in [-0.05, 0) is 51.2 Å². The second kappa shape index (κ2) is 10.0. The summed E-state index contributed by atoms with van der Waals surface area (Å²) in [6, 6.07) is 5.80. The van der Waals surface area contributed by atoms with E-state index in [1.165, 1.54) is 18.2 Å². The average Bonchev–Trinajstić information content (AvgIpc) is 3.50. The number of hydrogen-bond acceptors (Lipinski definition) is 7. The number of thioether (sulfide) groups is 1. The lowest BCUT2D eigenvalue weighted by Crippen LogP contribution is -2.40. The van der Waals surface area contributed by atoms with Crippen LogP contribution in [0.3, 0.4) is 0 Å². The van der Waals surface area contributed by atoms with Crippen LogP contribution >= 0.6 is 11.8 Å². The summed E-state index contributed by atoms with van der Waals surface area (Å²) in [7, 11) is 0. The van der Waals surface area contributed by atoms with E-state index in [9.17, 15) is 4.79 Å². The molecule has 0 saturated carbocycles. The molecule has 1 saturated heterocycles. The van der Waals surface area contributed by atoms with Gasteiger partial charge in [0, 0.05) is 25.2 Å². The molecule has 4 heterocycles. The van der Waals surface area contributed by atoms with Crippen LogP contribution in [0.4, 0.5) is 11.8 Å². The lowest BCUT2D eigenvalue weighted by molar-refractivity contribution is -0.115. The van der Waals surface area contributed by atoms with E-state index < -0.39 is 0 Å². The van der Waals surface area contributed by atoms with Crippen molar-refractivity contribution < 1.29 is 9.21 Å². The Balaban J connectivity index is 1.54. The van der Waals surface area contributed by atoms with Crippen molar-refractivity contribution in [2.45, 2.75) is 64.0 Å². The van der Waals surface area contributed by atoms with E-state index in [-0.39, 0.29) is 17.2 Å². The first-order chi connectivity index (χ1) is 15.8. The Morgan fingerprint density at radius 2 is 1.97 bits per heavy atom. The number of hydrogen-bond donors (Lipinski definition) is 1. The Labute approximate surface area is 198 Å². The fraction of sp³-hybridized carbons (Fsp3) is 0.565. The van der Waals surface area contributed by atoms with Crippen LogP contribution in [0.1, 0.15) is 52.8 Å². The number of carbonyl (C=O) groups excluding carboxylic acids is 1. The van der Waals surface area contributed by atoms with Gasteiger partial charge in [0.1, 0.15) is 11.6 Å². The maximum Gasteiger partial charge on any atom is 0.238 e. The Hall–Kier alpha value is -2.75. The first kappa shape index (κ1) is 23.4. The molecule has 0 bridgehead atoms. The molecular formula is C23H33N7O2S. The molecule has 3 unspecified atom stereocenters. The molecule has 3 atom stereocenters. The van der Waals surface area contributed by atoms with E-state index in [1.54, 1.807) is 17.1 Å². The summed E-state index contributed by atoms with van der Waals surface area (Å²) in [5.41, 5.74) is 0. The van der Waals surface area contributed by atoms with Crippen molar-refractivity contribution in [1.82, 2.24) is 24.5 Å². The SMILES string of the molecule is CC1CC(C)CN(c2nnc(SC(C)C(=O)Nc3ccnn3C(C)C)n2Cc2ccco2)C1. The van der Waals surface area contributed by atoms with E-state index in [0.717, 1.165) is 24.8 Å². The van der Waals surface area contributed by atoms with Crippen LogP contribution in [0.25, 0.3) is 0 Å². The van der Waals surface area contributed by atoms with Gasteiger partial charge in [0.05, 0.1) is 24.3 Å². The molecule has 0 aromatic carbocycles. The van der Waals surface area contributed by atoms with Gasteiger partial charge in [-0.25, -0.2) is 4.68 Å². The molecule has 4 rings (SSSR count). The third-order valence-corrected chi connectivity index (χ3v) is 6.89. The number of nitrogens with zero attached hydrogens (tertiary/aromatic N) is 6. The Bertz CT molecular complexity index is 1050. The highest BCUT2D eigenvalue weighted by Gasteiger charge is 2.28. The molecule has 178 valence electrons. The van der Waals surface area contributed by atoms with Crippen LogP contribution in [-0.2, 0) is 11.3 Å². The Kier molecular flexibility index (Phi) is 7.11. The predicted molar refractivity (Wildman–Crippen MR) is 130 cm³/mol. The normalized spacial score (nSPS) is 19.8. The number of furan rings is 1. The van der Waals surface area contributed by atoms with Gasteiger partial charge in [0.15, 0.2) is 5.16 Å². The number of nitrogens with one attached hydrogen (secondary N) is 1. The highest BCUT2D eigenvalue weighted by molar-refractivity contribution is 8.00. The summed E-state index contributed by atoms with van der Waals surface area (Å²) < 4.78 is 9.47.